The van der Waals surface area contributed by atoms with Crippen LogP contribution in [0.15, 0.2) is 35.1 Å². The largest absolute Gasteiger partial charge is 0.339 e. The molecule has 0 saturated carbocycles. The van der Waals surface area contributed by atoms with E-state index in [4.69, 9.17) is 4.52 Å². The fraction of sp³-hybridized carbons (Fsp3) is 0.444. The minimum atomic E-state index is -0.0965. The molecule has 0 aliphatic carbocycles. The van der Waals surface area contributed by atoms with Crippen LogP contribution in [0.1, 0.15) is 56.1 Å². The van der Waals surface area contributed by atoms with Gasteiger partial charge in [-0.1, -0.05) is 25.1 Å². The summed E-state index contributed by atoms with van der Waals surface area (Å²) in [5, 5.41) is 4.09. The van der Waals surface area contributed by atoms with Crippen molar-refractivity contribution in [2.45, 2.75) is 45.1 Å². The number of likely N-dealkylation sites (tertiary alicyclic amines) is 1. The lowest BCUT2D eigenvalue weighted by atomic mass is 10.2. The topological polar surface area (TPSA) is 76.5 Å². The van der Waals surface area contributed by atoms with Crippen LogP contribution in [0.5, 0.6) is 0 Å². The van der Waals surface area contributed by atoms with Gasteiger partial charge in [-0.15, -0.1) is 0 Å². The highest BCUT2D eigenvalue weighted by Crippen LogP contribution is 2.31. The molecule has 7 nitrogen and oxygen atoms in total. The zero-order chi connectivity index (χ0) is 17.4. The molecule has 1 atom stereocenters. The van der Waals surface area contributed by atoms with Gasteiger partial charge in [0.2, 0.25) is 11.8 Å². The second kappa shape index (κ2) is 6.31. The Bertz CT molecular complexity index is 865. The van der Waals surface area contributed by atoms with Crippen LogP contribution in [0.25, 0.3) is 5.65 Å². The maximum atomic E-state index is 12.8. The van der Waals surface area contributed by atoms with Gasteiger partial charge in [-0.05, 0) is 25.0 Å². The molecule has 0 bridgehead atoms. The number of amides is 1. The molecule has 0 aromatic carbocycles. The van der Waals surface area contributed by atoms with Crippen molar-refractivity contribution in [2.24, 2.45) is 0 Å². The third-order valence-electron chi connectivity index (χ3n) is 4.57. The number of rotatable bonds is 4. The van der Waals surface area contributed by atoms with E-state index in [1.807, 2.05) is 53.7 Å². The van der Waals surface area contributed by atoms with Crippen LogP contribution >= 0.6 is 0 Å². The van der Waals surface area contributed by atoms with Crippen molar-refractivity contribution in [3.8, 4) is 0 Å². The highest BCUT2D eigenvalue weighted by Gasteiger charge is 2.33. The highest BCUT2D eigenvalue weighted by molar-refractivity contribution is 5.79. The minimum Gasteiger partial charge on any atom is -0.339 e. The van der Waals surface area contributed by atoms with Crippen LogP contribution < -0.4 is 0 Å². The van der Waals surface area contributed by atoms with Gasteiger partial charge in [-0.25, -0.2) is 4.98 Å². The summed E-state index contributed by atoms with van der Waals surface area (Å²) in [6.07, 6.45) is 5.94. The van der Waals surface area contributed by atoms with Crippen LogP contribution in [-0.4, -0.2) is 36.9 Å². The molecule has 0 N–H and O–H groups in total. The Morgan fingerprint density at radius 3 is 3.00 bits per heavy atom. The molecular weight excluding hydrogens is 318 g/mol. The molecule has 130 valence electrons. The molecule has 3 aromatic heterocycles. The van der Waals surface area contributed by atoms with Gasteiger partial charge in [0.1, 0.15) is 5.65 Å². The molecule has 1 fully saturated rings. The lowest BCUT2D eigenvalue weighted by molar-refractivity contribution is -0.131. The van der Waals surface area contributed by atoms with Gasteiger partial charge in [0.25, 0.3) is 0 Å². The normalized spacial score (nSPS) is 17.7. The molecular formula is C18H21N5O2. The van der Waals surface area contributed by atoms with Crippen LogP contribution in [0, 0.1) is 0 Å². The second-order valence-electron chi connectivity index (χ2n) is 6.77. The van der Waals surface area contributed by atoms with Crippen molar-refractivity contribution >= 4 is 11.6 Å². The van der Waals surface area contributed by atoms with Crippen molar-refractivity contribution in [1.29, 1.82) is 0 Å². The smallest absolute Gasteiger partial charge is 0.229 e. The highest BCUT2D eigenvalue weighted by atomic mass is 16.5. The Kier molecular flexibility index (Phi) is 3.99. The van der Waals surface area contributed by atoms with Crippen molar-refractivity contribution in [1.82, 2.24) is 24.4 Å². The number of aromatic nitrogens is 4. The Balaban J connectivity index is 1.51. The summed E-state index contributed by atoms with van der Waals surface area (Å²) in [6.45, 7) is 4.75. The second-order valence-corrected chi connectivity index (χ2v) is 6.77. The van der Waals surface area contributed by atoms with Crippen LogP contribution in [0.3, 0.4) is 0 Å². The summed E-state index contributed by atoms with van der Waals surface area (Å²) in [5.41, 5.74) is 1.63. The van der Waals surface area contributed by atoms with E-state index in [1.54, 1.807) is 0 Å². The first kappa shape index (κ1) is 15.8. The summed E-state index contributed by atoms with van der Waals surface area (Å²) < 4.78 is 7.24. The van der Waals surface area contributed by atoms with E-state index in [-0.39, 0.29) is 24.3 Å². The van der Waals surface area contributed by atoms with E-state index in [2.05, 4.69) is 15.1 Å². The maximum Gasteiger partial charge on any atom is 0.229 e. The molecule has 1 unspecified atom stereocenters. The van der Waals surface area contributed by atoms with Crippen molar-refractivity contribution in [2.75, 3.05) is 6.54 Å². The quantitative estimate of drug-likeness (QED) is 0.730. The molecule has 25 heavy (non-hydrogen) atoms. The van der Waals surface area contributed by atoms with Gasteiger partial charge >= 0.3 is 0 Å². The SMILES string of the molecule is CC(C)c1nc(C2CCCN2C(=O)Cc2cn3ccccc3n2)no1. The summed E-state index contributed by atoms with van der Waals surface area (Å²) in [5.74, 6) is 1.48. The number of carbonyl (C=O) groups excluding carboxylic acids is 1. The summed E-state index contributed by atoms with van der Waals surface area (Å²) >= 11 is 0. The van der Waals surface area contributed by atoms with E-state index in [9.17, 15) is 4.79 Å². The molecule has 4 rings (SSSR count). The van der Waals surface area contributed by atoms with Gasteiger partial charge in [-0.3, -0.25) is 4.79 Å². The first-order valence-corrected chi connectivity index (χ1v) is 8.67. The summed E-state index contributed by atoms with van der Waals surface area (Å²) in [4.78, 5) is 23.7. The number of hydrogen-bond acceptors (Lipinski definition) is 5. The van der Waals surface area contributed by atoms with E-state index in [0.29, 0.717) is 11.7 Å². The van der Waals surface area contributed by atoms with Crippen molar-refractivity contribution in [3.05, 3.63) is 48.0 Å². The summed E-state index contributed by atoms with van der Waals surface area (Å²) in [6, 6.07) is 5.71. The molecule has 1 aliphatic heterocycles. The average molecular weight is 339 g/mol. The van der Waals surface area contributed by atoms with Gasteiger partial charge in [0, 0.05) is 24.9 Å². The van der Waals surface area contributed by atoms with Crippen LogP contribution in [0.4, 0.5) is 0 Å². The zero-order valence-corrected chi connectivity index (χ0v) is 14.4. The Morgan fingerprint density at radius 2 is 2.24 bits per heavy atom. The standard InChI is InChI=1S/C18H21N5O2/c1-12(2)18-20-17(21-25-18)14-6-5-9-23(14)16(24)10-13-11-22-8-4-3-7-15(22)19-13/h3-4,7-8,11-12,14H,5-6,9-10H2,1-2H3. The molecule has 0 spiro atoms. The van der Waals surface area contributed by atoms with Gasteiger partial charge in [0.05, 0.1) is 18.2 Å². The number of carbonyl (C=O) groups is 1. The zero-order valence-electron chi connectivity index (χ0n) is 14.4. The van der Waals surface area contributed by atoms with Crippen molar-refractivity contribution < 1.29 is 9.32 Å². The maximum absolute atomic E-state index is 12.8. The lowest BCUT2D eigenvalue weighted by Gasteiger charge is -2.21. The average Bonchev–Trinajstić information content (AvgIpc) is 3.32. The van der Waals surface area contributed by atoms with Crippen LogP contribution in [-0.2, 0) is 11.2 Å². The van der Waals surface area contributed by atoms with Crippen molar-refractivity contribution in [3.63, 3.8) is 0 Å². The molecule has 3 aromatic rings. The molecule has 1 aliphatic rings. The fourth-order valence-corrected chi connectivity index (χ4v) is 3.28. The minimum absolute atomic E-state index is 0.0572. The van der Waals surface area contributed by atoms with E-state index in [1.165, 1.54) is 0 Å². The number of fused-ring (bicyclic) bond motifs is 1. The molecule has 7 heteroatoms. The first-order chi connectivity index (χ1) is 12.1. The van der Waals surface area contributed by atoms with E-state index in [0.717, 1.165) is 30.7 Å². The summed E-state index contributed by atoms with van der Waals surface area (Å²) in [7, 11) is 0. The molecule has 1 saturated heterocycles. The molecule has 0 radical (unpaired) electrons. The number of nitrogens with zero attached hydrogens (tertiary/aromatic N) is 5. The Labute approximate surface area is 145 Å². The number of pyridine rings is 1. The van der Waals surface area contributed by atoms with E-state index < -0.39 is 0 Å². The third kappa shape index (κ3) is 3.01. The molecule has 4 heterocycles. The Morgan fingerprint density at radius 1 is 1.36 bits per heavy atom. The predicted molar refractivity (Wildman–Crippen MR) is 91.0 cm³/mol. The van der Waals surface area contributed by atoms with E-state index >= 15 is 0 Å². The van der Waals surface area contributed by atoms with Gasteiger partial charge in [0.15, 0.2) is 5.82 Å². The molecule has 1 amide bonds. The fourth-order valence-electron chi connectivity index (χ4n) is 3.28. The van der Waals surface area contributed by atoms with Gasteiger partial charge < -0.3 is 13.8 Å². The Hall–Kier alpha value is -2.70. The van der Waals surface area contributed by atoms with Gasteiger partial charge in [-0.2, -0.15) is 4.98 Å². The predicted octanol–water partition coefficient (Wildman–Crippen LogP) is 2.75. The number of hydrogen-bond donors (Lipinski definition) is 0. The monoisotopic (exact) mass is 339 g/mol. The lowest BCUT2D eigenvalue weighted by Crippen LogP contribution is -2.32. The first-order valence-electron chi connectivity index (χ1n) is 8.67. The van der Waals surface area contributed by atoms with Crippen LogP contribution in [0.2, 0.25) is 0 Å². The number of imidazole rings is 1. The third-order valence-corrected chi connectivity index (χ3v) is 4.57.